The van der Waals surface area contributed by atoms with Crippen LogP contribution in [0.25, 0.3) is 11.0 Å². The van der Waals surface area contributed by atoms with Gasteiger partial charge in [0.05, 0.1) is 29.2 Å². The van der Waals surface area contributed by atoms with Crippen LogP contribution in [0.4, 0.5) is 23.7 Å². The van der Waals surface area contributed by atoms with E-state index in [1.807, 2.05) is 32.9 Å². The van der Waals surface area contributed by atoms with Gasteiger partial charge in [-0.25, -0.2) is 14.8 Å². The molecule has 0 aliphatic carbocycles. The first-order chi connectivity index (χ1) is 21.1. The number of H-pyrrole nitrogens is 1. The zero-order valence-corrected chi connectivity index (χ0v) is 24.7. The van der Waals surface area contributed by atoms with E-state index in [0.29, 0.717) is 43.1 Å². The van der Waals surface area contributed by atoms with Gasteiger partial charge in [0.15, 0.2) is 0 Å². The summed E-state index contributed by atoms with van der Waals surface area (Å²) in [5.74, 6) is 0.594. The number of ether oxygens (including phenoxy) is 2. The fraction of sp³-hybridized carbons (Fsp3) is 0.419. The van der Waals surface area contributed by atoms with Crippen molar-refractivity contribution in [2.45, 2.75) is 70.8 Å². The molecule has 2 aliphatic rings. The Morgan fingerprint density at radius 3 is 2.80 bits per heavy atom. The molecule has 3 atom stereocenters. The summed E-state index contributed by atoms with van der Waals surface area (Å²) in [6.07, 6.45) is 1.32. The van der Waals surface area contributed by atoms with Gasteiger partial charge in [0.1, 0.15) is 28.8 Å². The van der Waals surface area contributed by atoms with Gasteiger partial charge in [-0.15, -0.1) is 0 Å². The first-order valence-electron chi connectivity index (χ1n) is 14.7. The van der Waals surface area contributed by atoms with Crippen molar-refractivity contribution in [1.29, 1.82) is 0 Å². The fourth-order valence-corrected chi connectivity index (χ4v) is 5.87. The van der Waals surface area contributed by atoms with E-state index in [1.165, 1.54) is 6.20 Å². The maximum Gasteiger partial charge on any atom is 0.421 e. The largest absolute Gasteiger partial charge is 0.474 e. The molecule has 4 aromatic heterocycles. The number of alkyl halides is 3. The quantitative estimate of drug-likeness (QED) is 0.228. The first-order valence-corrected chi connectivity index (χ1v) is 14.7. The fourth-order valence-electron chi connectivity index (χ4n) is 5.87. The standard InChI is InChI=1S/C31H34F3N7O3/c1-4-19-15-41(16-20-11-23(14-37-27(19)20)43-26-6-8-36-28-24(26)10-18(3)39-28)30(42)40-21-12-25(31(32,33)34)29(38-13-21)44-22-5-7-35-17(2)9-22/h6,8,10-14,17,19,22,35H,4-5,7,9,15-16H2,1-3H3,(H,36,39)(H,40,42)/t17-,19+,22-/m0/s1. The Balaban J connectivity index is 1.19. The molecule has 232 valence electrons. The second kappa shape index (κ2) is 11.9. The summed E-state index contributed by atoms with van der Waals surface area (Å²) in [6.45, 7) is 7.14. The Morgan fingerprint density at radius 1 is 1.18 bits per heavy atom. The maximum atomic E-state index is 14.0. The highest BCUT2D eigenvalue weighted by Gasteiger charge is 2.37. The Kier molecular flexibility index (Phi) is 8.06. The molecule has 6 rings (SSSR count). The number of hydrogen-bond donors (Lipinski definition) is 3. The predicted octanol–water partition coefficient (Wildman–Crippen LogP) is 6.53. The molecule has 6 heterocycles. The molecule has 0 bridgehead atoms. The van der Waals surface area contributed by atoms with Crippen LogP contribution in [-0.2, 0) is 12.7 Å². The minimum absolute atomic E-state index is 0.0504. The average molecular weight is 610 g/mol. The molecule has 13 heteroatoms. The normalized spacial score (nSPS) is 20.3. The number of aryl methyl sites for hydroxylation is 1. The zero-order valence-electron chi connectivity index (χ0n) is 24.7. The number of fused-ring (bicyclic) bond motifs is 2. The molecular weight excluding hydrogens is 575 g/mol. The van der Waals surface area contributed by atoms with Crippen LogP contribution in [-0.4, -0.2) is 56.1 Å². The number of aromatic amines is 1. The molecule has 0 spiro atoms. The number of carbonyl (C=O) groups is 1. The number of carbonyl (C=O) groups excluding carboxylic acids is 1. The molecule has 10 nitrogen and oxygen atoms in total. The molecule has 3 N–H and O–H groups in total. The van der Waals surface area contributed by atoms with E-state index in [9.17, 15) is 18.0 Å². The van der Waals surface area contributed by atoms with Crippen LogP contribution in [0.1, 0.15) is 61.5 Å². The van der Waals surface area contributed by atoms with Crippen molar-refractivity contribution < 1.29 is 27.4 Å². The first kappa shape index (κ1) is 29.7. The van der Waals surface area contributed by atoms with Crippen molar-refractivity contribution in [1.82, 2.24) is 30.2 Å². The average Bonchev–Trinajstić information content (AvgIpc) is 3.38. The van der Waals surface area contributed by atoms with E-state index < -0.39 is 23.7 Å². The molecule has 0 unspecified atom stereocenters. The van der Waals surface area contributed by atoms with Gasteiger partial charge in [0.25, 0.3) is 0 Å². The lowest BCUT2D eigenvalue weighted by Gasteiger charge is -2.33. The molecule has 0 radical (unpaired) electrons. The lowest BCUT2D eigenvalue weighted by molar-refractivity contribution is -0.139. The summed E-state index contributed by atoms with van der Waals surface area (Å²) < 4.78 is 53.9. The number of nitrogens with one attached hydrogen (secondary N) is 3. The van der Waals surface area contributed by atoms with Crippen molar-refractivity contribution in [2.75, 3.05) is 18.4 Å². The Labute approximate surface area is 252 Å². The molecular formula is C31H34F3N7O3. The highest BCUT2D eigenvalue weighted by atomic mass is 19.4. The van der Waals surface area contributed by atoms with Crippen molar-refractivity contribution in [3.8, 4) is 17.4 Å². The van der Waals surface area contributed by atoms with Crippen molar-refractivity contribution in [3.05, 3.63) is 65.4 Å². The molecule has 1 saturated heterocycles. The second-order valence-corrected chi connectivity index (χ2v) is 11.5. The lowest BCUT2D eigenvalue weighted by atomic mass is 9.92. The number of halogens is 3. The van der Waals surface area contributed by atoms with E-state index in [1.54, 1.807) is 23.4 Å². The van der Waals surface area contributed by atoms with Crippen molar-refractivity contribution >= 4 is 22.8 Å². The molecule has 0 aromatic carbocycles. The van der Waals surface area contributed by atoms with Gasteiger partial charge >= 0.3 is 12.2 Å². The minimum Gasteiger partial charge on any atom is -0.474 e. The third-order valence-corrected chi connectivity index (χ3v) is 8.06. The Bertz CT molecular complexity index is 1680. The molecule has 2 amide bonds. The van der Waals surface area contributed by atoms with Crippen LogP contribution < -0.4 is 20.1 Å². The smallest absolute Gasteiger partial charge is 0.421 e. The molecule has 2 aliphatic heterocycles. The third kappa shape index (κ3) is 6.28. The van der Waals surface area contributed by atoms with Crippen LogP contribution in [0.5, 0.6) is 17.4 Å². The molecule has 44 heavy (non-hydrogen) atoms. The van der Waals surface area contributed by atoms with Gasteiger partial charge in [-0.3, -0.25) is 4.98 Å². The van der Waals surface area contributed by atoms with Crippen LogP contribution in [0, 0.1) is 6.92 Å². The van der Waals surface area contributed by atoms with E-state index in [-0.39, 0.29) is 30.3 Å². The zero-order chi connectivity index (χ0) is 31.0. The number of anilines is 1. The van der Waals surface area contributed by atoms with E-state index >= 15 is 0 Å². The van der Waals surface area contributed by atoms with E-state index in [0.717, 1.165) is 34.8 Å². The summed E-state index contributed by atoms with van der Waals surface area (Å²) in [5, 5.41) is 6.70. The van der Waals surface area contributed by atoms with Crippen molar-refractivity contribution in [3.63, 3.8) is 0 Å². The van der Waals surface area contributed by atoms with E-state index in [2.05, 4.69) is 30.6 Å². The number of nitrogens with zero attached hydrogens (tertiary/aromatic N) is 4. The summed E-state index contributed by atoms with van der Waals surface area (Å²) >= 11 is 0. The maximum absolute atomic E-state index is 14.0. The number of piperidine rings is 1. The monoisotopic (exact) mass is 609 g/mol. The Morgan fingerprint density at radius 2 is 2.02 bits per heavy atom. The van der Waals surface area contributed by atoms with Gasteiger partial charge in [-0.05, 0) is 69.5 Å². The lowest BCUT2D eigenvalue weighted by Crippen LogP contribution is -2.41. The van der Waals surface area contributed by atoms with Gasteiger partial charge in [0, 0.05) is 36.9 Å². The SMILES string of the molecule is CC[C@@H]1CN(C(=O)Nc2cnc(O[C@H]3CCN[C@@H](C)C3)c(C(F)(F)F)c2)Cc2cc(Oc3ccnc4[nH]c(C)cc34)cnc21. The summed E-state index contributed by atoms with van der Waals surface area (Å²) in [6, 6.07) is 6.06. The van der Waals surface area contributed by atoms with Crippen LogP contribution in [0.15, 0.2) is 42.9 Å². The van der Waals surface area contributed by atoms with Gasteiger partial charge in [-0.1, -0.05) is 6.92 Å². The molecule has 4 aromatic rings. The predicted molar refractivity (Wildman–Crippen MR) is 158 cm³/mol. The van der Waals surface area contributed by atoms with Gasteiger partial charge in [-0.2, -0.15) is 13.2 Å². The topological polar surface area (TPSA) is 117 Å². The highest BCUT2D eigenvalue weighted by molar-refractivity contribution is 5.89. The summed E-state index contributed by atoms with van der Waals surface area (Å²) in [7, 11) is 0. The highest BCUT2D eigenvalue weighted by Crippen LogP contribution is 2.38. The molecule has 0 saturated carbocycles. The minimum atomic E-state index is -4.71. The number of aromatic nitrogens is 4. The summed E-state index contributed by atoms with van der Waals surface area (Å²) in [5.41, 5.74) is 2.26. The Hall–Kier alpha value is -4.39. The van der Waals surface area contributed by atoms with Crippen molar-refractivity contribution in [2.24, 2.45) is 0 Å². The third-order valence-electron chi connectivity index (χ3n) is 8.06. The number of pyridine rings is 3. The second-order valence-electron chi connectivity index (χ2n) is 11.5. The number of rotatable bonds is 6. The summed E-state index contributed by atoms with van der Waals surface area (Å²) in [4.78, 5) is 31.1. The van der Waals surface area contributed by atoms with Crippen LogP contribution in [0.2, 0.25) is 0 Å². The number of hydrogen-bond acceptors (Lipinski definition) is 7. The van der Waals surface area contributed by atoms with Gasteiger partial charge in [0.2, 0.25) is 5.88 Å². The van der Waals surface area contributed by atoms with Crippen LogP contribution in [0.3, 0.4) is 0 Å². The van der Waals surface area contributed by atoms with Crippen LogP contribution >= 0.6 is 0 Å². The molecule has 1 fully saturated rings. The number of amides is 2. The van der Waals surface area contributed by atoms with E-state index in [4.69, 9.17) is 9.47 Å². The van der Waals surface area contributed by atoms with Gasteiger partial charge < -0.3 is 30.0 Å². The number of urea groups is 1.